The van der Waals surface area contributed by atoms with Gasteiger partial charge in [-0.3, -0.25) is 0 Å². The Kier molecular flexibility index (Phi) is 3.15. The number of sulfone groups is 1. The van der Waals surface area contributed by atoms with E-state index in [0.29, 0.717) is 17.1 Å². The van der Waals surface area contributed by atoms with Crippen molar-refractivity contribution in [1.29, 1.82) is 0 Å². The number of benzene rings is 1. The van der Waals surface area contributed by atoms with Crippen molar-refractivity contribution < 1.29 is 18.3 Å². The van der Waals surface area contributed by atoms with E-state index in [1.54, 1.807) is 39.2 Å². The third-order valence-corrected chi connectivity index (χ3v) is 5.41. The maximum atomic E-state index is 12.3. The normalized spacial score (nSPS) is 21.7. The molecule has 1 aliphatic heterocycles. The fraction of sp³-hybridized carbons (Fsp3) is 0.538. The van der Waals surface area contributed by atoms with Gasteiger partial charge in [0.15, 0.2) is 9.84 Å². The molecule has 1 unspecified atom stereocenters. The molecule has 1 heterocycles. The van der Waals surface area contributed by atoms with Crippen molar-refractivity contribution in [2.24, 2.45) is 0 Å². The summed E-state index contributed by atoms with van der Waals surface area (Å²) in [5, 5.41) is 9.26. The molecule has 0 saturated carbocycles. The predicted octanol–water partition coefficient (Wildman–Crippen LogP) is 1.55. The minimum atomic E-state index is -3.32. The van der Waals surface area contributed by atoms with E-state index in [9.17, 15) is 13.5 Å². The van der Waals surface area contributed by atoms with Crippen LogP contribution in [0, 0.1) is 0 Å². The summed E-state index contributed by atoms with van der Waals surface area (Å²) < 4.78 is 29.7. The molecule has 1 aromatic carbocycles. The second-order valence-electron chi connectivity index (χ2n) is 5.36. The van der Waals surface area contributed by atoms with Crippen molar-refractivity contribution >= 4 is 9.84 Å². The number of hydrogen-bond acceptors (Lipinski definition) is 4. The van der Waals surface area contributed by atoms with Gasteiger partial charge in [0.05, 0.1) is 22.9 Å². The van der Waals surface area contributed by atoms with Crippen molar-refractivity contribution in [1.82, 2.24) is 0 Å². The first-order chi connectivity index (χ1) is 8.24. The molecule has 0 amide bonds. The summed E-state index contributed by atoms with van der Waals surface area (Å²) in [5.74, 6) is 0.660. The maximum Gasteiger partial charge on any atom is 0.181 e. The highest BCUT2D eigenvalue weighted by Gasteiger charge is 2.39. The Labute approximate surface area is 108 Å². The smallest absolute Gasteiger partial charge is 0.181 e. The van der Waals surface area contributed by atoms with Gasteiger partial charge in [0.25, 0.3) is 0 Å². The van der Waals surface area contributed by atoms with Crippen molar-refractivity contribution in [2.75, 3.05) is 7.11 Å². The van der Waals surface area contributed by atoms with Crippen molar-refractivity contribution in [2.45, 2.75) is 42.4 Å². The van der Waals surface area contributed by atoms with Gasteiger partial charge >= 0.3 is 0 Å². The maximum absolute atomic E-state index is 12.3. The van der Waals surface area contributed by atoms with Crippen LogP contribution in [0.5, 0.6) is 5.75 Å². The Morgan fingerprint density at radius 3 is 2.67 bits per heavy atom. The summed E-state index contributed by atoms with van der Waals surface area (Å²) >= 11 is 0. The van der Waals surface area contributed by atoms with Gasteiger partial charge in [-0.2, -0.15) is 0 Å². The molecule has 0 aromatic heterocycles. The van der Waals surface area contributed by atoms with Crippen LogP contribution in [0.15, 0.2) is 23.1 Å². The van der Waals surface area contributed by atoms with Crippen LogP contribution < -0.4 is 4.74 Å². The van der Waals surface area contributed by atoms with E-state index >= 15 is 0 Å². The summed E-state index contributed by atoms with van der Waals surface area (Å²) in [6, 6.07) is 5.01. The Morgan fingerprint density at radius 2 is 2.11 bits per heavy atom. The van der Waals surface area contributed by atoms with E-state index in [-0.39, 0.29) is 6.42 Å². The van der Waals surface area contributed by atoms with Crippen LogP contribution in [-0.4, -0.2) is 31.5 Å². The Bertz CT molecular complexity index is 555. The minimum Gasteiger partial charge on any atom is -0.497 e. The van der Waals surface area contributed by atoms with Crippen LogP contribution in [0.25, 0.3) is 0 Å². The molecule has 0 spiro atoms. The third kappa shape index (κ3) is 2.37. The molecule has 100 valence electrons. The minimum absolute atomic E-state index is 0.242. The van der Waals surface area contributed by atoms with Gasteiger partial charge in [-0.05, 0) is 50.5 Å². The molecule has 1 aliphatic rings. The van der Waals surface area contributed by atoms with E-state index in [1.165, 1.54) is 0 Å². The lowest BCUT2D eigenvalue weighted by Gasteiger charge is -2.20. The van der Waals surface area contributed by atoms with Crippen LogP contribution in [0.3, 0.4) is 0 Å². The summed E-state index contributed by atoms with van der Waals surface area (Å²) in [6.45, 7) is 3.26. The number of hydrogen-bond donors (Lipinski definition) is 1. The molecule has 5 heteroatoms. The summed E-state index contributed by atoms with van der Waals surface area (Å²) in [5.41, 5.74) is -0.201. The average molecular weight is 270 g/mol. The highest BCUT2D eigenvalue weighted by molar-refractivity contribution is 7.92. The Balaban J connectivity index is 2.38. The van der Waals surface area contributed by atoms with Crippen molar-refractivity contribution in [3.8, 4) is 5.75 Å². The van der Waals surface area contributed by atoms with Gasteiger partial charge in [0, 0.05) is 0 Å². The zero-order valence-corrected chi connectivity index (χ0v) is 11.6. The molecule has 1 aromatic rings. The van der Waals surface area contributed by atoms with E-state index in [1.807, 2.05) is 0 Å². The van der Waals surface area contributed by atoms with Gasteiger partial charge in [0.1, 0.15) is 5.75 Å². The van der Waals surface area contributed by atoms with Crippen molar-refractivity contribution in [3.05, 3.63) is 23.8 Å². The highest BCUT2D eigenvalue weighted by Crippen LogP contribution is 2.36. The van der Waals surface area contributed by atoms with Crippen LogP contribution in [0.1, 0.15) is 25.8 Å². The van der Waals surface area contributed by atoms with Gasteiger partial charge in [0.2, 0.25) is 0 Å². The van der Waals surface area contributed by atoms with Crippen LogP contribution in [-0.2, 0) is 16.3 Å². The zero-order chi connectivity index (χ0) is 13.6. The lowest BCUT2D eigenvalue weighted by Crippen LogP contribution is -2.30. The summed E-state index contributed by atoms with van der Waals surface area (Å²) in [6.07, 6.45) is 0.686. The quantitative estimate of drug-likeness (QED) is 0.905. The van der Waals surface area contributed by atoms with Gasteiger partial charge < -0.3 is 9.84 Å². The van der Waals surface area contributed by atoms with Crippen molar-refractivity contribution in [3.63, 3.8) is 0 Å². The largest absolute Gasteiger partial charge is 0.497 e. The second-order valence-corrected chi connectivity index (χ2v) is 7.56. The van der Waals surface area contributed by atoms with Gasteiger partial charge in [-0.1, -0.05) is 0 Å². The first-order valence-corrected chi connectivity index (χ1v) is 7.42. The predicted molar refractivity (Wildman–Crippen MR) is 68.6 cm³/mol. The number of aliphatic hydroxyl groups is 1. The molecule has 0 aliphatic carbocycles. The van der Waals surface area contributed by atoms with E-state index in [4.69, 9.17) is 4.74 Å². The fourth-order valence-electron chi connectivity index (χ4n) is 2.39. The monoisotopic (exact) mass is 270 g/mol. The zero-order valence-electron chi connectivity index (χ0n) is 10.8. The number of methoxy groups -OCH3 is 1. The molecule has 0 bridgehead atoms. The second kappa shape index (κ2) is 4.24. The molecule has 18 heavy (non-hydrogen) atoms. The lowest BCUT2D eigenvalue weighted by molar-refractivity contribution is 0.0701. The standard InChI is InChI=1S/C13H18O4S/c1-13(2,14)8-11-7-9-6-10(17-3)4-5-12(9)18(11,15)16/h4-6,11,14H,7-8H2,1-3H3. The Hall–Kier alpha value is -1.07. The lowest BCUT2D eigenvalue weighted by atomic mass is 9.99. The van der Waals surface area contributed by atoms with Crippen LogP contribution in [0.4, 0.5) is 0 Å². The van der Waals surface area contributed by atoms with Crippen LogP contribution in [0.2, 0.25) is 0 Å². The average Bonchev–Trinajstić information content (AvgIpc) is 2.48. The molecule has 2 rings (SSSR count). The molecular weight excluding hydrogens is 252 g/mol. The van der Waals surface area contributed by atoms with Gasteiger partial charge in [-0.15, -0.1) is 0 Å². The third-order valence-electron chi connectivity index (χ3n) is 3.19. The topological polar surface area (TPSA) is 63.6 Å². The molecule has 4 nitrogen and oxygen atoms in total. The number of rotatable bonds is 3. The SMILES string of the molecule is COc1ccc2c(c1)CC(CC(C)(C)O)S2(=O)=O. The van der Waals surface area contributed by atoms with E-state index < -0.39 is 20.7 Å². The Morgan fingerprint density at radius 1 is 1.44 bits per heavy atom. The summed E-state index contributed by atoms with van der Waals surface area (Å²) in [7, 11) is -1.77. The molecule has 1 atom stereocenters. The van der Waals surface area contributed by atoms with Crippen LogP contribution >= 0.6 is 0 Å². The van der Waals surface area contributed by atoms with Gasteiger partial charge in [-0.25, -0.2) is 8.42 Å². The molecule has 1 N–H and O–H groups in total. The number of fused-ring (bicyclic) bond motifs is 1. The van der Waals surface area contributed by atoms with E-state index in [0.717, 1.165) is 5.56 Å². The van der Waals surface area contributed by atoms with E-state index in [2.05, 4.69) is 0 Å². The first kappa shape index (κ1) is 13.4. The highest BCUT2D eigenvalue weighted by atomic mass is 32.2. The molecule has 0 radical (unpaired) electrons. The first-order valence-electron chi connectivity index (χ1n) is 5.87. The number of ether oxygens (including phenoxy) is 1. The summed E-state index contributed by atoms with van der Waals surface area (Å²) in [4.78, 5) is 0.373. The fourth-order valence-corrected chi connectivity index (χ4v) is 4.54. The molecule has 0 fully saturated rings. The molecule has 0 saturated heterocycles. The molecular formula is C13H18O4S.